The number of aromatic amines is 1. The van der Waals surface area contributed by atoms with Gasteiger partial charge >= 0.3 is 0 Å². The maximum absolute atomic E-state index is 13.4. The summed E-state index contributed by atoms with van der Waals surface area (Å²) in [6.45, 7) is 3.19. The number of fused-ring (bicyclic) bond motifs is 2. The number of rotatable bonds is 3. The number of benzene rings is 1. The Morgan fingerprint density at radius 3 is 2.56 bits per heavy atom. The van der Waals surface area contributed by atoms with Crippen LogP contribution in [0.3, 0.4) is 0 Å². The van der Waals surface area contributed by atoms with Crippen LogP contribution in [0.4, 0.5) is 0 Å². The lowest BCUT2D eigenvalue weighted by atomic mass is 9.75. The minimum Gasteiger partial charge on any atom is -0.332 e. The standard InChI is InChI=1S/C22H26N4O/c27-22(19-12-18(23-24-19)15-6-7-15)26-13-17(14-4-2-1-3-5-14)21-20(26)16-8-10-25(21)11-9-16/h1-5,12,15-17,20-21H,6-11,13H2,(H,23,24)/t17-,20+,21+/m0/s1. The van der Waals surface area contributed by atoms with E-state index in [-0.39, 0.29) is 5.91 Å². The van der Waals surface area contributed by atoms with E-state index in [4.69, 9.17) is 0 Å². The maximum atomic E-state index is 13.4. The van der Waals surface area contributed by atoms with Crippen molar-refractivity contribution in [1.82, 2.24) is 20.0 Å². The molecule has 5 aliphatic rings. The first kappa shape index (κ1) is 15.9. The van der Waals surface area contributed by atoms with E-state index >= 15 is 0 Å². The molecule has 0 unspecified atom stereocenters. The molecule has 5 nitrogen and oxygen atoms in total. The zero-order chi connectivity index (χ0) is 18.0. The first-order valence-electron chi connectivity index (χ1n) is 10.4. The quantitative estimate of drug-likeness (QED) is 0.913. The second-order valence-electron chi connectivity index (χ2n) is 8.81. The maximum Gasteiger partial charge on any atom is 0.274 e. The highest BCUT2D eigenvalue weighted by Crippen LogP contribution is 2.47. The Bertz CT molecular complexity index is 850. The molecule has 4 saturated heterocycles. The van der Waals surface area contributed by atoms with E-state index in [2.05, 4.69) is 50.3 Å². The van der Waals surface area contributed by atoms with Gasteiger partial charge in [-0.2, -0.15) is 5.10 Å². The Hall–Kier alpha value is -2.14. The molecule has 5 fully saturated rings. The van der Waals surface area contributed by atoms with Gasteiger partial charge in [-0.1, -0.05) is 30.3 Å². The van der Waals surface area contributed by atoms with Gasteiger partial charge in [-0.25, -0.2) is 0 Å². The highest BCUT2D eigenvalue weighted by atomic mass is 16.2. The lowest BCUT2D eigenvalue weighted by Crippen LogP contribution is -2.60. The van der Waals surface area contributed by atoms with Crippen molar-refractivity contribution in [2.45, 2.75) is 49.6 Å². The molecule has 1 saturated carbocycles. The number of aromatic nitrogens is 2. The molecule has 3 atom stereocenters. The molecule has 5 heteroatoms. The van der Waals surface area contributed by atoms with E-state index in [1.54, 1.807) is 0 Å². The van der Waals surface area contributed by atoms with Crippen LogP contribution in [0.15, 0.2) is 36.4 Å². The highest BCUT2D eigenvalue weighted by Gasteiger charge is 2.54. The van der Waals surface area contributed by atoms with Crippen LogP contribution in [0.2, 0.25) is 0 Å². The number of H-pyrrole nitrogens is 1. The summed E-state index contributed by atoms with van der Waals surface area (Å²) in [5.41, 5.74) is 3.12. The molecule has 5 heterocycles. The molecule has 7 rings (SSSR count). The number of hydrogen-bond donors (Lipinski definition) is 1. The third kappa shape index (κ3) is 2.48. The third-order valence-corrected chi connectivity index (χ3v) is 7.32. The number of nitrogens with zero attached hydrogens (tertiary/aromatic N) is 3. The van der Waals surface area contributed by atoms with E-state index in [1.807, 2.05) is 6.07 Å². The zero-order valence-corrected chi connectivity index (χ0v) is 15.6. The van der Waals surface area contributed by atoms with Crippen LogP contribution in [-0.4, -0.2) is 57.6 Å². The number of hydrogen-bond acceptors (Lipinski definition) is 3. The molecule has 1 aromatic heterocycles. The van der Waals surface area contributed by atoms with Crippen molar-refractivity contribution in [2.24, 2.45) is 5.92 Å². The molecule has 2 bridgehead atoms. The smallest absolute Gasteiger partial charge is 0.274 e. The lowest BCUT2D eigenvalue weighted by molar-refractivity contribution is -0.00358. The van der Waals surface area contributed by atoms with E-state index in [9.17, 15) is 4.79 Å². The van der Waals surface area contributed by atoms with Crippen LogP contribution in [0.25, 0.3) is 0 Å². The minimum absolute atomic E-state index is 0.125. The summed E-state index contributed by atoms with van der Waals surface area (Å²) in [6.07, 6.45) is 4.88. The Labute approximate surface area is 159 Å². The van der Waals surface area contributed by atoms with Crippen LogP contribution in [0, 0.1) is 5.92 Å². The van der Waals surface area contributed by atoms with E-state index < -0.39 is 0 Å². The molecule has 0 spiro atoms. The molecular weight excluding hydrogens is 336 g/mol. The van der Waals surface area contributed by atoms with Gasteiger partial charge in [-0.05, 0) is 56.3 Å². The second-order valence-corrected chi connectivity index (χ2v) is 8.81. The third-order valence-electron chi connectivity index (χ3n) is 7.32. The van der Waals surface area contributed by atoms with Crippen LogP contribution in [-0.2, 0) is 0 Å². The van der Waals surface area contributed by atoms with Gasteiger partial charge in [0.15, 0.2) is 0 Å². The number of likely N-dealkylation sites (tertiary alicyclic amines) is 1. The molecule has 1 N–H and O–H groups in total. The summed E-state index contributed by atoms with van der Waals surface area (Å²) < 4.78 is 0. The molecule has 27 heavy (non-hydrogen) atoms. The summed E-state index contributed by atoms with van der Waals surface area (Å²) in [7, 11) is 0. The Kier molecular flexibility index (Phi) is 3.49. The molecule has 1 aliphatic carbocycles. The first-order valence-corrected chi connectivity index (χ1v) is 10.4. The van der Waals surface area contributed by atoms with Crippen LogP contribution in [0.1, 0.15) is 59.3 Å². The van der Waals surface area contributed by atoms with Crippen molar-refractivity contribution >= 4 is 5.91 Å². The van der Waals surface area contributed by atoms with Gasteiger partial charge in [0.05, 0.1) is 6.04 Å². The van der Waals surface area contributed by atoms with Crippen molar-refractivity contribution in [3.05, 3.63) is 53.3 Å². The van der Waals surface area contributed by atoms with E-state index in [1.165, 1.54) is 44.3 Å². The normalized spacial score (nSPS) is 34.7. The van der Waals surface area contributed by atoms with Gasteiger partial charge in [0.25, 0.3) is 5.91 Å². The van der Waals surface area contributed by atoms with Gasteiger partial charge in [-0.15, -0.1) is 0 Å². The van der Waals surface area contributed by atoms with Crippen molar-refractivity contribution < 1.29 is 4.79 Å². The van der Waals surface area contributed by atoms with Crippen molar-refractivity contribution in [1.29, 1.82) is 0 Å². The van der Waals surface area contributed by atoms with Crippen molar-refractivity contribution in [3.8, 4) is 0 Å². The molecule has 1 amide bonds. The molecule has 2 aromatic rings. The molecule has 1 aromatic carbocycles. The second kappa shape index (κ2) is 5.93. The predicted octanol–water partition coefficient (Wildman–Crippen LogP) is 2.99. The van der Waals surface area contributed by atoms with E-state index in [0.29, 0.717) is 35.5 Å². The zero-order valence-electron chi connectivity index (χ0n) is 15.6. The number of amides is 1. The molecular formula is C22H26N4O. The summed E-state index contributed by atoms with van der Waals surface area (Å²) >= 11 is 0. The molecule has 4 aliphatic heterocycles. The Morgan fingerprint density at radius 2 is 1.81 bits per heavy atom. The van der Waals surface area contributed by atoms with Crippen molar-refractivity contribution in [2.75, 3.05) is 19.6 Å². The number of carbonyl (C=O) groups excluding carboxylic acids is 1. The largest absolute Gasteiger partial charge is 0.332 e. The van der Waals surface area contributed by atoms with E-state index in [0.717, 1.165) is 12.2 Å². The number of piperidine rings is 3. The van der Waals surface area contributed by atoms with Gasteiger partial charge < -0.3 is 4.90 Å². The molecule has 140 valence electrons. The summed E-state index contributed by atoms with van der Waals surface area (Å²) in [6, 6.07) is 13.6. The summed E-state index contributed by atoms with van der Waals surface area (Å²) in [5, 5.41) is 7.50. The van der Waals surface area contributed by atoms with Crippen LogP contribution < -0.4 is 0 Å². The SMILES string of the molecule is O=C(c1cc(C2CC2)[nH]n1)N1C[C@@H](c2ccccc2)[C@@H]2[C@H]1C1CCN2CC1. The monoisotopic (exact) mass is 362 g/mol. The number of nitrogens with one attached hydrogen (secondary N) is 1. The van der Waals surface area contributed by atoms with Crippen molar-refractivity contribution in [3.63, 3.8) is 0 Å². The van der Waals surface area contributed by atoms with Gasteiger partial charge in [-0.3, -0.25) is 14.8 Å². The topological polar surface area (TPSA) is 52.2 Å². The van der Waals surface area contributed by atoms with Gasteiger partial charge in [0.1, 0.15) is 5.69 Å². The average Bonchev–Trinajstić information content (AvgIpc) is 3.30. The fourth-order valence-corrected chi connectivity index (χ4v) is 5.84. The summed E-state index contributed by atoms with van der Waals surface area (Å²) in [4.78, 5) is 18.3. The lowest BCUT2D eigenvalue weighted by Gasteiger charge is -2.51. The fraction of sp³-hybridized carbons (Fsp3) is 0.545. The Morgan fingerprint density at radius 1 is 1.04 bits per heavy atom. The summed E-state index contributed by atoms with van der Waals surface area (Å²) in [5.74, 6) is 1.77. The predicted molar refractivity (Wildman–Crippen MR) is 103 cm³/mol. The Balaban J connectivity index is 1.35. The highest BCUT2D eigenvalue weighted by molar-refractivity contribution is 5.93. The number of carbonyl (C=O) groups is 1. The first-order chi connectivity index (χ1) is 13.3. The van der Waals surface area contributed by atoms with Gasteiger partial charge in [0.2, 0.25) is 0 Å². The average molecular weight is 362 g/mol. The van der Waals surface area contributed by atoms with Crippen LogP contribution >= 0.6 is 0 Å². The molecule has 0 radical (unpaired) electrons. The minimum atomic E-state index is 0.125. The van der Waals surface area contributed by atoms with Crippen LogP contribution in [0.5, 0.6) is 0 Å². The fourth-order valence-electron chi connectivity index (χ4n) is 5.84. The van der Waals surface area contributed by atoms with Gasteiger partial charge in [0, 0.05) is 30.1 Å².